The summed E-state index contributed by atoms with van der Waals surface area (Å²) in [6.07, 6.45) is 7.72. The van der Waals surface area contributed by atoms with Gasteiger partial charge in [-0.05, 0) is 32.1 Å². The van der Waals surface area contributed by atoms with Crippen LogP contribution in [0, 0.1) is 0 Å². The van der Waals surface area contributed by atoms with E-state index in [9.17, 15) is 4.79 Å². The molecule has 0 aromatic carbocycles. The van der Waals surface area contributed by atoms with Gasteiger partial charge in [-0.3, -0.25) is 4.79 Å². The third-order valence-electron chi connectivity index (χ3n) is 2.83. The molecule has 0 aromatic heterocycles. The van der Waals surface area contributed by atoms with Gasteiger partial charge in [-0.15, -0.1) is 0 Å². The molecule has 1 aliphatic rings. The van der Waals surface area contributed by atoms with E-state index in [0.717, 1.165) is 12.8 Å². The van der Waals surface area contributed by atoms with Gasteiger partial charge in [0.1, 0.15) is 12.1 Å². The largest absolute Gasteiger partial charge is 0.461 e. The van der Waals surface area contributed by atoms with Gasteiger partial charge in [-0.2, -0.15) is 0 Å². The second kappa shape index (κ2) is 6.02. The minimum Gasteiger partial charge on any atom is -0.461 e. The Labute approximate surface area is 86.0 Å². The molecule has 14 heavy (non-hydrogen) atoms. The Bertz CT molecular complexity index is 174. The second-order valence-corrected chi connectivity index (χ2v) is 4.07. The van der Waals surface area contributed by atoms with E-state index in [0.29, 0.717) is 6.42 Å². The highest BCUT2D eigenvalue weighted by atomic mass is 16.5. The van der Waals surface area contributed by atoms with E-state index < -0.39 is 6.04 Å². The summed E-state index contributed by atoms with van der Waals surface area (Å²) in [5.74, 6) is -0.223. The highest BCUT2D eigenvalue weighted by Crippen LogP contribution is 2.20. The van der Waals surface area contributed by atoms with Gasteiger partial charge in [-0.1, -0.05) is 19.8 Å². The van der Waals surface area contributed by atoms with Crippen LogP contribution >= 0.6 is 0 Å². The third-order valence-corrected chi connectivity index (χ3v) is 2.83. The first-order valence-corrected chi connectivity index (χ1v) is 5.70. The lowest BCUT2D eigenvalue weighted by molar-refractivity contribution is -0.151. The number of hydrogen-bond donors (Lipinski definition) is 1. The zero-order chi connectivity index (χ0) is 10.4. The van der Waals surface area contributed by atoms with Crippen LogP contribution in [0.25, 0.3) is 0 Å². The van der Waals surface area contributed by atoms with Crippen molar-refractivity contribution in [2.24, 2.45) is 5.73 Å². The van der Waals surface area contributed by atoms with Crippen LogP contribution in [0.4, 0.5) is 0 Å². The summed E-state index contributed by atoms with van der Waals surface area (Å²) in [7, 11) is 0. The Kier molecular flexibility index (Phi) is 4.94. The van der Waals surface area contributed by atoms with Gasteiger partial charge < -0.3 is 10.5 Å². The fourth-order valence-electron chi connectivity index (χ4n) is 1.78. The number of nitrogens with two attached hydrogens (primary N) is 1. The number of ether oxygens (including phenoxy) is 1. The Morgan fingerprint density at radius 1 is 1.36 bits per heavy atom. The maximum atomic E-state index is 11.4. The molecule has 0 amide bonds. The highest BCUT2D eigenvalue weighted by molar-refractivity contribution is 5.75. The molecule has 1 aliphatic carbocycles. The molecule has 1 rings (SSSR count). The topological polar surface area (TPSA) is 52.3 Å². The van der Waals surface area contributed by atoms with Crippen LogP contribution in [-0.2, 0) is 9.53 Å². The lowest BCUT2D eigenvalue weighted by Crippen LogP contribution is -2.34. The summed E-state index contributed by atoms with van der Waals surface area (Å²) in [6.45, 7) is 1.90. The van der Waals surface area contributed by atoms with Crippen molar-refractivity contribution in [1.82, 2.24) is 0 Å². The van der Waals surface area contributed by atoms with Crippen molar-refractivity contribution in [3.63, 3.8) is 0 Å². The van der Waals surface area contributed by atoms with Gasteiger partial charge in [0.15, 0.2) is 0 Å². The minimum absolute atomic E-state index is 0.127. The Balaban J connectivity index is 2.30. The predicted molar refractivity (Wildman–Crippen MR) is 55.8 cm³/mol. The summed E-state index contributed by atoms with van der Waals surface area (Å²) >= 11 is 0. The quantitative estimate of drug-likeness (QED) is 0.558. The molecule has 0 spiro atoms. The zero-order valence-electron chi connectivity index (χ0n) is 9.00. The molecular formula is C11H21NO2. The van der Waals surface area contributed by atoms with Crippen LogP contribution in [0.3, 0.4) is 0 Å². The third kappa shape index (κ3) is 3.66. The first-order chi connectivity index (χ1) is 6.74. The van der Waals surface area contributed by atoms with Crippen LogP contribution in [0.5, 0.6) is 0 Å². The summed E-state index contributed by atoms with van der Waals surface area (Å²) in [5, 5.41) is 0. The van der Waals surface area contributed by atoms with Gasteiger partial charge in [0.25, 0.3) is 0 Å². The Morgan fingerprint density at radius 2 is 1.93 bits per heavy atom. The molecular weight excluding hydrogens is 178 g/mol. The van der Waals surface area contributed by atoms with Crippen molar-refractivity contribution in [2.75, 3.05) is 0 Å². The average Bonchev–Trinajstić information content (AvgIpc) is 2.45. The standard InChI is InChI=1S/C11H21NO2/c1-2-10(12)11(13)14-9-7-5-3-4-6-8-9/h9-10H,2-8,12H2,1H3/t10-/m1/s1. The van der Waals surface area contributed by atoms with Crippen molar-refractivity contribution >= 4 is 5.97 Å². The molecule has 82 valence electrons. The number of carbonyl (C=O) groups excluding carboxylic acids is 1. The SMILES string of the molecule is CC[C@@H](N)C(=O)OC1CCCCCC1. The van der Waals surface area contributed by atoms with Crippen LogP contribution in [-0.4, -0.2) is 18.1 Å². The van der Waals surface area contributed by atoms with Crippen molar-refractivity contribution in [1.29, 1.82) is 0 Å². The Hall–Kier alpha value is -0.570. The Morgan fingerprint density at radius 3 is 2.43 bits per heavy atom. The first kappa shape index (κ1) is 11.5. The van der Waals surface area contributed by atoms with E-state index in [-0.39, 0.29) is 12.1 Å². The number of rotatable bonds is 3. The molecule has 2 N–H and O–H groups in total. The van der Waals surface area contributed by atoms with Crippen LogP contribution < -0.4 is 5.73 Å². The smallest absolute Gasteiger partial charge is 0.323 e. The number of carbonyl (C=O) groups is 1. The first-order valence-electron chi connectivity index (χ1n) is 5.70. The van der Waals surface area contributed by atoms with E-state index in [1.807, 2.05) is 6.92 Å². The fraction of sp³-hybridized carbons (Fsp3) is 0.909. The van der Waals surface area contributed by atoms with E-state index in [1.165, 1.54) is 25.7 Å². The van der Waals surface area contributed by atoms with Gasteiger partial charge in [-0.25, -0.2) is 0 Å². The maximum Gasteiger partial charge on any atom is 0.323 e. The molecule has 0 radical (unpaired) electrons. The van der Waals surface area contributed by atoms with Gasteiger partial charge >= 0.3 is 5.97 Å². The summed E-state index contributed by atoms with van der Waals surface area (Å²) in [5.41, 5.74) is 5.60. The number of hydrogen-bond acceptors (Lipinski definition) is 3. The lowest BCUT2D eigenvalue weighted by Gasteiger charge is -2.17. The van der Waals surface area contributed by atoms with Crippen LogP contribution in [0.2, 0.25) is 0 Å². The summed E-state index contributed by atoms with van der Waals surface area (Å²) < 4.78 is 5.36. The minimum atomic E-state index is -0.432. The molecule has 1 fully saturated rings. The molecule has 3 heteroatoms. The summed E-state index contributed by atoms with van der Waals surface area (Å²) in [6, 6.07) is -0.432. The molecule has 0 bridgehead atoms. The fourth-order valence-corrected chi connectivity index (χ4v) is 1.78. The maximum absolute atomic E-state index is 11.4. The molecule has 0 aliphatic heterocycles. The zero-order valence-corrected chi connectivity index (χ0v) is 9.00. The molecule has 0 heterocycles. The second-order valence-electron chi connectivity index (χ2n) is 4.07. The normalized spacial score (nSPS) is 21.3. The van der Waals surface area contributed by atoms with Crippen molar-refractivity contribution < 1.29 is 9.53 Å². The van der Waals surface area contributed by atoms with E-state index in [4.69, 9.17) is 10.5 Å². The van der Waals surface area contributed by atoms with E-state index in [2.05, 4.69) is 0 Å². The van der Waals surface area contributed by atoms with Crippen molar-refractivity contribution in [2.45, 2.75) is 64.0 Å². The van der Waals surface area contributed by atoms with Crippen molar-refractivity contribution in [3.05, 3.63) is 0 Å². The summed E-state index contributed by atoms with van der Waals surface area (Å²) in [4.78, 5) is 11.4. The molecule has 0 aromatic rings. The van der Waals surface area contributed by atoms with Crippen LogP contribution in [0.1, 0.15) is 51.9 Å². The van der Waals surface area contributed by atoms with E-state index >= 15 is 0 Å². The monoisotopic (exact) mass is 199 g/mol. The molecule has 0 saturated heterocycles. The molecule has 0 unspecified atom stereocenters. The average molecular weight is 199 g/mol. The van der Waals surface area contributed by atoms with E-state index in [1.54, 1.807) is 0 Å². The predicted octanol–water partition coefficient (Wildman–Crippen LogP) is 1.99. The number of esters is 1. The van der Waals surface area contributed by atoms with Gasteiger partial charge in [0.05, 0.1) is 0 Å². The van der Waals surface area contributed by atoms with Crippen LogP contribution in [0.15, 0.2) is 0 Å². The molecule has 3 nitrogen and oxygen atoms in total. The molecule has 1 saturated carbocycles. The highest BCUT2D eigenvalue weighted by Gasteiger charge is 2.19. The lowest BCUT2D eigenvalue weighted by atomic mass is 10.1. The van der Waals surface area contributed by atoms with Crippen molar-refractivity contribution in [3.8, 4) is 0 Å². The van der Waals surface area contributed by atoms with Gasteiger partial charge in [0.2, 0.25) is 0 Å². The van der Waals surface area contributed by atoms with Gasteiger partial charge in [0, 0.05) is 0 Å². The molecule has 1 atom stereocenters.